The fourth-order valence-corrected chi connectivity index (χ4v) is 1.81. The van der Waals surface area contributed by atoms with Crippen LogP contribution in [-0.2, 0) is 0 Å². The van der Waals surface area contributed by atoms with Gasteiger partial charge < -0.3 is 10.2 Å². The number of hydrogen-bond donors (Lipinski definition) is 1. The Balaban J connectivity index is 2.06. The second kappa shape index (κ2) is 2.19. The molecule has 1 atom stereocenters. The summed E-state index contributed by atoms with van der Waals surface area (Å²) in [5.74, 6) is 0. The number of nitrogens with one attached hydrogen (secondary N) is 1. The molecular weight excluding hydrogens is 124 g/mol. The van der Waals surface area contributed by atoms with Crippen molar-refractivity contribution in [3.8, 4) is 0 Å². The van der Waals surface area contributed by atoms with E-state index in [1.165, 1.54) is 31.5 Å². The lowest BCUT2D eigenvalue weighted by Crippen LogP contribution is -2.39. The number of rotatable bonds is 0. The summed E-state index contributed by atoms with van der Waals surface area (Å²) >= 11 is 0. The van der Waals surface area contributed by atoms with E-state index in [1.54, 1.807) is 0 Å². The maximum absolute atomic E-state index is 3.44. The highest BCUT2D eigenvalue weighted by molar-refractivity contribution is 5.06. The van der Waals surface area contributed by atoms with Crippen molar-refractivity contribution in [1.29, 1.82) is 0 Å². The molecule has 0 spiro atoms. The fraction of sp³-hybridized carbons (Fsp3) is 0.750. The zero-order chi connectivity index (χ0) is 6.97. The van der Waals surface area contributed by atoms with Gasteiger partial charge in [-0.05, 0) is 26.2 Å². The van der Waals surface area contributed by atoms with Gasteiger partial charge in [-0.3, -0.25) is 0 Å². The van der Waals surface area contributed by atoms with E-state index >= 15 is 0 Å². The molecule has 56 valence electrons. The van der Waals surface area contributed by atoms with Crippen LogP contribution in [-0.4, -0.2) is 17.6 Å². The third kappa shape index (κ3) is 0.877. The van der Waals surface area contributed by atoms with Crippen LogP contribution in [0, 0.1) is 0 Å². The molecule has 1 unspecified atom stereocenters. The number of hydrogen-bond acceptors (Lipinski definition) is 2. The maximum Gasteiger partial charge on any atom is 0.0983 e. The van der Waals surface area contributed by atoms with E-state index in [-0.39, 0.29) is 0 Å². The molecule has 0 aromatic heterocycles. The molecule has 2 heteroatoms. The first kappa shape index (κ1) is 6.08. The monoisotopic (exact) mass is 138 g/mol. The zero-order valence-electron chi connectivity index (χ0n) is 6.43. The Labute approximate surface area is 61.9 Å². The maximum atomic E-state index is 3.44. The third-order valence-corrected chi connectivity index (χ3v) is 2.30. The summed E-state index contributed by atoms with van der Waals surface area (Å²) in [5.41, 5.74) is 1.33. The van der Waals surface area contributed by atoms with E-state index in [0.717, 1.165) is 0 Å². The van der Waals surface area contributed by atoms with E-state index in [0.29, 0.717) is 6.17 Å². The second-order valence-corrected chi connectivity index (χ2v) is 3.21. The van der Waals surface area contributed by atoms with E-state index < -0.39 is 0 Å². The minimum Gasteiger partial charge on any atom is -0.368 e. The summed E-state index contributed by atoms with van der Waals surface area (Å²) < 4.78 is 0. The molecule has 0 aromatic carbocycles. The molecule has 0 saturated carbocycles. The predicted molar refractivity (Wildman–Crippen MR) is 41.2 cm³/mol. The molecule has 2 aliphatic heterocycles. The summed E-state index contributed by atoms with van der Waals surface area (Å²) in [7, 11) is 0. The third-order valence-electron chi connectivity index (χ3n) is 2.30. The van der Waals surface area contributed by atoms with Crippen LogP contribution in [0.15, 0.2) is 11.9 Å². The van der Waals surface area contributed by atoms with Gasteiger partial charge >= 0.3 is 0 Å². The minimum atomic E-state index is 0.633. The van der Waals surface area contributed by atoms with Crippen molar-refractivity contribution in [3.63, 3.8) is 0 Å². The summed E-state index contributed by atoms with van der Waals surface area (Å²) in [4.78, 5) is 2.42. The van der Waals surface area contributed by atoms with Crippen molar-refractivity contribution < 1.29 is 0 Å². The van der Waals surface area contributed by atoms with E-state index in [2.05, 4.69) is 23.3 Å². The van der Waals surface area contributed by atoms with Gasteiger partial charge in [0.2, 0.25) is 0 Å². The van der Waals surface area contributed by atoms with Crippen LogP contribution in [0.2, 0.25) is 0 Å². The van der Waals surface area contributed by atoms with Crippen LogP contribution in [0.5, 0.6) is 0 Å². The first-order valence-electron chi connectivity index (χ1n) is 4.07. The van der Waals surface area contributed by atoms with Crippen molar-refractivity contribution in [2.75, 3.05) is 6.54 Å². The Morgan fingerprint density at radius 2 is 2.50 bits per heavy atom. The lowest BCUT2D eigenvalue weighted by atomic mass is 10.1. The molecule has 1 N–H and O–H groups in total. The van der Waals surface area contributed by atoms with Gasteiger partial charge in [-0.1, -0.05) is 0 Å². The molecular formula is C8H14N2. The minimum absolute atomic E-state index is 0.633. The number of fused-ring (bicyclic) bond motifs is 1. The molecule has 1 saturated heterocycles. The molecule has 1 fully saturated rings. The van der Waals surface area contributed by atoms with Crippen molar-refractivity contribution in [2.45, 2.75) is 32.4 Å². The highest BCUT2D eigenvalue weighted by atomic mass is 15.3. The second-order valence-electron chi connectivity index (χ2n) is 3.21. The Hall–Kier alpha value is -0.660. The molecule has 0 bridgehead atoms. The van der Waals surface area contributed by atoms with Gasteiger partial charge in [-0.25, -0.2) is 0 Å². The van der Waals surface area contributed by atoms with Gasteiger partial charge in [0.1, 0.15) is 0 Å². The van der Waals surface area contributed by atoms with Gasteiger partial charge in [-0.2, -0.15) is 0 Å². The largest absolute Gasteiger partial charge is 0.368 e. The fourth-order valence-electron chi connectivity index (χ4n) is 1.81. The Bertz CT molecular complexity index is 163. The molecule has 10 heavy (non-hydrogen) atoms. The van der Waals surface area contributed by atoms with Crippen LogP contribution in [0.3, 0.4) is 0 Å². The summed E-state index contributed by atoms with van der Waals surface area (Å²) in [6.45, 7) is 3.38. The SMILES string of the molecule is CC1=CN2CCCCC2N1. The molecule has 0 radical (unpaired) electrons. The molecule has 0 aromatic rings. The summed E-state index contributed by atoms with van der Waals surface area (Å²) in [6.07, 6.45) is 6.93. The molecule has 2 rings (SSSR count). The standard InChI is InChI=1S/C8H14N2/c1-7-6-10-5-3-2-4-8(10)9-7/h6,8-9H,2-5H2,1H3. The smallest absolute Gasteiger partial charge is 0.0983 e. The highest BCUT2D eigenvalue weighted by Gasteiger charge is 2.23. The quantitative estimate of drug-likeness (QED) is 0.542. The number of nitrogens with zero attached hydrogens (tertiary/aromatic N) is 1. The van der Waals surface area contributed by atoms with Crippen LogP contribution < -0.4 is 5.32 Å². The van der Waals surface area contributed by atoms with Crippen LogP contribution in [0.4, 0.5) is 0 Å². The first-order valence-corrected chi connectivity index (χ1v) is 4.07. The molecule has 2 nitrogen and oxygen atoms in total. The molecule has 0 aliphatic carbocycles. The Morgan fingerprint density at radius 3 is 3.30 bits per heavy atom. The van der Waals surface area contributed by atoms with Gasteiger partial charge in [0, 0.05) is 18.4 Å². The van der Waals surface area contributed by atoms with E-state index in [4.69, 9.17) is 0 Å². The lowest BCUT2D eigenvalue weighted by Gasteiger charge is -2.29. The number of allylic oxidation sites excluding steroid dienone is 1. The van der Waals surface area contributed by atoms with Crippen LogP contribution in [0.1, 0.15) is 26.2 Å². The van der Waals surface area contributed by atoms with Gasteiger partial charge in [0.05, 0.1) is 6.17 Å². The lowest BCUT2D eigenvalue weighted by molar-refractivity contribution is 0.215. The molecule has 0 amide bonds. The van der Waals surface area contributed by atoms with Crippen LogP contribution >= 0.6 is 0 Å². The number of piperidine rings is 1. The van der Waals surface area contributed by atoms with Crippen molar-refractivity contribution >= 4 is 0 Å². The average molecular weight is 138 g/mol. The normalized spacial score (nSPS) is 31.1. The molecule has 2 aliphatic rings. The highest BCUT2D eigenvalue weighted by Crippen LogP contribution is 2.20. The first-order chi connectivity index (χ1) is 4.86. The topological polar surface area (TPSA) is 15.3 Å². The van der Waals surface area contributed by atoms with Crippen molar-refractivity contribution in [1.82, 2.24) is 10.2 Å². The van der Waals surface area contributed by atoms with Gasteiger partial charge in [-0.15, -0.1) is 0 Å². The average Bonchev–Trinajstić information content (AvgIpc) is 2.27. The van der Waals surface area contributed by atoms with Gasteiger partial charge in [0.15, 0.2) is 0 Å². The molecule has 2 heterocycles. The van der Waals surface area contributed by atoms with E-state index in [1.807, 2.05) is 0 Å². The summed E-state index contributed by atoms with van der Waals surface area (Å²) in [5, 5.41) is 3.44. The van der Waals surface area contributed by atoms with E-state index in [9.17, 15) is 0 Å². The van der Waals surface area contributed by atoms with Crippen LogP contribution in [0.25, 0.3) is 0 Å². The van der Waals surface area contributed by atoms with Crippen molar-refractivity contribution in [2.24, 2.45) is 0 Å². The Kier molecular flexibility index (Phi) is 1.33. The predicted octanol–water partition coefficient (Wildman–Crippen LogP) is 1.26. The Morgan fingerprint density at radius 1 is 1.60 bits per heavy atom. The van der Waals surface area contributed by atoms with Gasteiger partial charge in [0.25, 0.3) is 0 Å². The van der Waals surface area contributed by atoms with Crippen molar-refractivity contribution in [3.05, 3.63) is 11.9 Å². The zero-order valence-corrected chi connectivity index (χ0v) is 6.43. The summed E-state index contributed by atoms with van der Waals surface area (Å²) in [6, 6.07) is 0.